The fourth-order valence-electron chi connectivity index (χ4n) is 2.00. The van der Waals surface area contributed by atoms with Gasteiger partial charge in [-0.3, -0.25) is 0 Å². The maximum absolute atomic E-state index is 5.67. The Labute approximate surface area is 112 Å². The second kappa shape index (κ2) is 6.50. The van der Waals surface area contributed by atoms with Gasteiger partial charge in [0.05, 0.1) is 19.8 Å². The molecule has 19 heavy (non-hydrogen) atoms. The van der Waals surface area contributed by atoms with E-state index in [-0.39, 0.29) is 6.10 Å². The lowest BCUT2D eigenvalue weighted by Crippen LogP contribution is -2.43. The smallest absolute Gasteiger partial charge is 0.205 e. The van der Waals surface area contributed by atoms with E-state index in [9.17, 15) is 0 Å². The highest BCUT2D eigenvalue weighted by Crippen LogP contribution is 2.27. The maximum atomic E-state index is 5.67. The van der Waals surface area contributed by atoms with Crippen LogP contribution in [0.15, 0.2) is 6.33 Å². The Kier molecular flexibility index (Phi) is 4.72. The van der Waals surface area contributed by atoms with Gasteiger partial charge < -0.3 is 25.1 Å². The first-order chi connectivity index (χ1) is 9.24. The Morgan fingerprint density at radius 3 is 3.00 bits per heavy atom. The Morgan fingerprint density at radius 1 is 1.53 bits per heavy atom. The molecule has 0 spiro atoms. The number of ether oxygens (including phenoxy) is 2. The van der Waals surface area contributed by atoms with Gasteiger partial charge in [0.2, 0.25) is 5.75 Å². The summed E-state index contributed by atoms with van der Waals surface area (Å²) in [5.74, 6) is 6.91. The minimum absolute atomic E-state index is 0.132. The highest BCUT2D eigenvalue weighted by molar-refractivity contribution is 5.63. The number of nitrogens with zero attached hydrogens (tertiary/aromatic N) is 3. The molecule has 1 fully saturated rings. The SMILES string of the molecule is COc1c(NN)ncnc1NCC1CN(C)CCO1. The number of likely N-dealkylation sites (N-methyl/N-ethyl adjacent to an activating group) is 1. The van der Waals surface area contributed by atoms with E-state index in [4.69, 9.17) is 15.3 Å². The van der Waals surface area contributed by atoms with Gasteiger partial charge in [-0.15, -0.1) is 0 Å². The second-order valence-corrected chi connectivity index (χ2v) is 4.38. The zero-order valence-electron chi connectivity index (χ0n) is 11.2. The first kappa shape index (κ1) is 13.8. The lowest BCUT2D eigenvalue weighted by atomic mass is 10.3. The van der Waals surface area contributed by atoms with Crippen LogP contribution in [0.4, 0.5) is 11.6 Å². The summed E-state index contributed by atoms with van der Waals surface area (Å²) < 4.78 is 10.9. The summed E-state index contributed by atoms with van der Waals surface area (Å²) in [6.45, 7) is 3.26. The molecule has 106 valence electrons. The van der Waals surface area contributed by atoms with E-state index in [1.54, 1.807) is 7.11 Å². The van der Waals surface area contributed by atoms with Crippen LogP contribution in [0.1, 0.15) is 0 Å². The highest BCUT2D eigenvalue weighted by atomic mass is 16.5. The number of nitrogens with one attached hydrogen (secondary N) is 2. The molecule has 0 saturated carbocycles. The lowest BCUT2D eigenvalue weighted by Gasteiger charge is -2.30. The van der Waals surface area contributed by atoms with Gasteiger partial charge >= 0.3 is 0 Å². The van der Waals surface area contributed by atoms with Gasteiger partial charge in [-0.2, -0.15) is 0 Å². The normalized spacial score (nSPS) is 20.1. The van der Waals surface area contributed by atoms with Crippen LogP contribution < -0.4 is 21.3 Å². The summed E-state index contributed by atoms with van der Waals surface area (Å²) in [5, 5.41) is 3.21. The largest absolute Gasteiger partial charge is 0.490 e. The number of rotatable bonds is 5. The number of hydrazine groups is 1. The molecule has 8 heteroatoms. The number of aromatic nitrogens is 2. The van der Waals surface area contributed by atoms with E-state index in [0.717, 1.165) is 19.7 Å². The van der Waals surface area contributed by atoms with Crippen molar-refractivity contribution in [2.24, 2.45) is 5.84 Å². The molecular weight excluding hydrogens is 248 g/mol. The average Bonchev–Trinajstić information content (AvgIpc) is 2.44. The van der Waals surface area contributed by atoms with Crippen LogP contribution in [0.5, 0.6) is 5.75 Å². The first-order valence-corrected chi connectivity index (χ1v) is 6.14. The van der Waals surface area contributed by atoms with Crippen LogP contribution in [0.25, 0.3) is 0 Å². The van der Waals surface area contributed by atoms with Crippen LogP contribution in [0.3, 0.4) is 0 Å². The van der Waals surface area contributed by atoms with Gasteiger partial charge in [-0.1, -0.05) is 0 Å². The van der Waals surface area contributed by atoms with Gasteiger partial charge in [0.15, 0.2) is 11.6 Å². The molecule has 0 aliphatic carbocycles. The summed E-state index contributed by atoms with van der Waals surface area (Å²) in [6, 6.07) is 0. The van der Waals surface area contributed by atoms with Crippen molar-refractivity contribution in [1.29, 1.82) is 0 Å². The van der Waals surface area contributed by atoms with Gasteiger partial charge in [0.25, 0.3) is 0 Å². The Bertz CT molecular complexity index is 416. The molecule has 0 amide bonds. The fourth-order valence-corrected chi connectivity index (χ4v) is 2.00. The van der Waals surface area contributed by atoms with E-state index in [0.29, 0.717) is 23.9 Å². The topological polar surface area (TPSA) is 97.6 Å². The van der Waals surface area contributed by atoms with Crippen molar-refractivity contribution in [2.45, 2.75) is 6.10 Å². The standard InChI is InChI=1S/C11H20N6O2/c1-17-3-4-19-8(6-17)5-13-10-9(18-2)11(16-12)15-7-14-10/h7-8H,3-6,12H2,1-2H3,(H2,13,14,15,16). The molecule has 8 nitrogen and oxygen atoms in total. The molecule has 1 aliphatic rings. The predicted molar refractivity (Wildman–Crippen MR) is 72.1 cm³/mol. The van der Waals surface area contributed by atoms with Crippen molar-refractivity contribution in [3.63, 3.8) is 0 Å². The number of methoxy groups -OCH3 is 1. The minimum atomic E-state index is 0.132. The molecule has 0 radical (unpaired) electrons. The molecule has 4 N–H and O–H groups in total. The Balaban J connectivity index is 1.99. The fraction of sp³-hybridized carbons (Fsp3) is 0.636. The molecule has 1 aliphatic heterocycles. The number of hydrogen-bond acceptors (Lipinski definition) is 8. The number of anilines is 2. The van der Waals surface area contributed by atoms with Crippen LogP contribution in [0.2, 0.25) is 0 Å². The Morgan fingerprint density at radius 2 is 2.32 bits per heavy atom. The third-order valence-electron chi connectivity index (χ3n) is 2.98. The van der Waals surface area contributed by atoms with Gasteiger partial charge in [-0.25, -0.2) is 15.8 Å². The average molecular weight is 268 g/mol. The molecule has 0 aromatic carbocycles. The summed E-state index contributed by atoms with van der Waals surface area (Å²) >= 11 is 0. The van der Waals surface area contributed by atoms with Crippen LogP contribution in [-0.4, -0.2) is 61.4 Å². The first-order valence-electron chi connectivity index (χ1n) is 6.14. The maximum Gasteiger partial charge on any atom is 0.205 e. The molecule has 1 unspecified atom stereocenters. The predicted octanol–water partition coefficient (Wildman–Crippen LogP) is -0.487. The Hall–Kier alpha value is -1.64. The summed E-state index contributed by atoms with van der Waals surface area (Å²) in [4.78, 5) is 10.4. The van der Waals surface area contributed by atoms with Crippen molar-refractivity contribution < 1.29 is 9.47 Å². The lowest BCUT2D eigenvalue weighted by molar-refractivity contribution is -0.0117. The molecule has 1 saturated heterocycles. The molecule has 0 bridgehead atoms. The summed E-state index contributed by atoms with van der Waals surface area (Å²) in [7, 11) is 3.63. The van der Waals surface area contributed by atoms with E-state index in [1.165, 1.54) is 6.33 Å². The van der Waals surface area contributed by atoms with Crippen LogP contribution in [-0.2, 0) is 4.74 Å². The van der Waals surface area contributed by atoms with Gasteiger partial charge in [-0.05, 0) is 7.05 Å². The number of hydrogen-bond donors (Lipinski definition) is 3. The van der Waals surface area contributed by atoms with Gasteiger partial charge in [0.1, 0.15) is 6.33 Å². The molecule has 2 heterocycles. The number of nitrogens with two attached hydrogens (primary N) is 1. The quantitative estimate of drug-likeness (QED) is 0.486. The van der Waals surface area contributed by atoms with Gasteiger partial charge in [0, 0.05) is 19.6 Å². The van der Waals surface area contributed by atoms with E-state index in [2.05, 4.69) is 32.7 Å². The van der Waals surface area contributed by atoms with E-state index in [1.807, 2.05) is 0 Å². The third-order valence-corrected chi connectivity index (χ3v) is 2.98. The zero-order valence-corrected chi connectivity index (χ0v) is 11.2. The van der Waals surface area contributed by atoms with Crippen molar-refractivity contribution in [2.75, 3.05) is 51.1 Å². The summed E-state index contributed by atoms with van der Waals surface area (Å²) in [6.07, 6.45) is 1.56. The monoisotopic (exact) mass is 268 g/mol. The van der Waals surface area contributed by atoms with Crippen LogP contribution >= 0.6 is 0 Å². The number of nitrogen functional groups attached to an aromatic ring is 1. The molecule has 2 rings (SSSR count). The zero-order chi connectivity index (χ0) is 13.7. The third kappa shape index (κ3) is 3.43. The molecule has 1 aromatic rings. The highest BCUT2D eigenvalue weighted by Gasteiger charge is 2.19. The molecular formula is C11H20N6O2. The van der Waals surface area contributed by atoms with Crippen molar-refractivity contribution in [3.05, 3.63) is 6.33 Å². The minimum Gasteiger partial charge on any atom is -0.490 e. The summed E-state index contributed by atoms with van der Waals surface area (Å²) in [5.41, 5.74) is 2.48. The van der Waals surface area contributed by atoms with Crippen molar-refractivity contribution >= 4 is 11.6 Å². The van der Waals surface area contributed by atoms with Crippen molar-refractivity contribution in [1.82, 2.24) is 14.9 Å². The second-order valence-electron chi connectivity index (χ2n) is 4.38. The van der Waals surface area contributed by atoms with E-state index >= 15 is 0 Å². The van der Waals surface area contributed by atoms with Crippen molar-refractivity contribution in [3.8, 4) is 5.75 Å². The van der Waals surface area contributed by atoms with E-state index < -0.39 is 0 Å². The number of morpholine rings is 1. The molecule has 1 aromatic heterocycles. The molecule has 1 atom stereocenters. The van der Waals surface area contributed by atoms with Crippen LogP contribution in [0, 0.1) is 0 Å².